The zero-order valence-corrected chi connectivity index (χ0v) is 14.5. The van der Waals surface area contributed by atoms with Gasteiger partial charge in [0.1, 0.15) is 5.82 Å². The molecule has 0 aliphatic rings. The van der Waals surface area contributed by atoms with Gasteiger partial charge in [0.2, 0.25) is 0 Å². The number of carbonyl (C=O) groups is 1. The van der Waals surface area contributed by atoms with Gasteiger partial charge in [-0.3, -0.25) is 4.79 Å². The van der Waals surface area contributed by atoms with E-state index in [0.29, 0.717) is 3.57 Å². The fourth-order valence-corrected chi connectivity index (χ4v) is 3.41. The van der Waals surface area contributed by atoms with Gasteiger partial charge < -0.3 is 4.90 Å². The molecule has 1 unspecified atom stereocenters. The molecule has 1 rings (SSSR count). The molecule has 0 spiro atoms. The molecule has 0 aliphatic heterocycles. The maximum atomic E-state index is 13.2. The summed E-state index contributed by atoms with van der Waals surface area (Å²) >= 11 is 1.95. The SMILES string of the molecule is CCS(=O)(=O)CC(C)N(C)C(=O)c1cc(F)ccc1I. The monoisotopic (exact) mass is 413 g/mol. The van der Waals surface area contributed by atoms with E-state index in [-0.39, 0.29) is 23.0 Å². The average Bonchev–Trinajstić information content (AvgIpc) is 2.39. The van der Waals surface area contributed by atoms with Crippen molar-refractivity contribution < 1.29 is 17.6 Å². The fraction of sp³-hybridized carbons (Fsp3) is 0.462. The molecule has 112 valence electrons. The largest absolute Gasteiger partial charge is 0.338 e. The summed E-state index contributed by atoms with van der Waals surface area (Å²) < 4.78 is 37.0. The van der Waals surface area contributed by atoms with Gasteiger partial charge in [-0.2, -0.15) is 0 Å². The van der Waals surface area contributed by atoms with E-state index in [1.54, 1.807) is 13.8 Å². The maximum absolute atomic E-state index is 13.2. The summed E-state index contributed by atoms with van der Waals surface area (Å²) in [5.74, 6) is -0.933. The van der Waals surface area contributed by atoms with E-state index >= 15 is 0 Å². The highest BCUT2D eigenvalue weighted by atomic mass is 127. The van der Waals surface area contributed by atoms with Gasteiger partial charge in [-0.05, 0) is 47.7 Å². The van der Waals surface area contributed by atoms with Gasteiger partial charge in [-0.15, -0.1) is 0 Å². The minimum absolute atomic E-state index is 0.0386. The number of nitrogens with zero attached hydrogens (tertiary/aromatic N) is 1. The van der Waals surface area contributed by atoms with E-state index in [0.717, 1.165) is 0 Å². The van der Waals surface area contributed by atoms with Crippen molar-refractivity contribution in [1.82, 2.24) is 4.90 Å². The summed E-state index contributed by atoms with van der Waals surface area (Å²) in [5, 5.41) is 0. The highest BCUT2D eigenvalue weighted by molar-refractivity contribution is 14.1. The van der Waals surface area contributed by atoms with Crippen molar-refractivity contribution in [2.75, 3.05) is 18.6 Å². The zero-order chi connectivity index (χ0) is 15.5. The van der Waals surface area contributed by atoms with E-state index < -0.39 is 21.7 Å². The van der Waals surface area contributed by atoms with Gasteiger partial charge >= 0.3 is 0 Å². The second kappa shape index (κ2) is 6.84. The lowest BCUT2D eigenvalue weighted by Gasteiger charge is -2.25. The van der Waals surface area contributed by atoms with Crippen LogP contribution in [0.25, 0.3) is 0 Å². The van der Waals surface area contributed by atoms with Crippen LogP contribution in [0.3, 0.4) is 0 Å². The number of amides is 1. The Morgan fingerprint density at radius 3 is 2.60 bits per heavy atom. The van der Waals surface area contributed by atoms with E-state index in [2.05, 4.69) is 0 Å². The normalized spacial score (nSPS) is 13.1. The predicted octanol–water partition coefficient (Wildman–Crippen LogP) is 2.33. The fourth-order valence-electron chi connectivity index (χ4n) is 1.65. The lowest BCUT2D eigenvalue weighted by Crippen LogP contribution is -2.40. The smallest absolute Gasteiger partial charge is 0.255 e. The Hall–Kier alpha value is -0.700. The number of rotatable bonds is 5. The molecule has 0 heterocycles. The molecule has 0 saturated carbocycles. The average molecular weight is 413 g/mol. The van der Waals surface area contributed by atoms with Crippen LogP contribution in [0.2, 0.25) is 0 Å². The molecule has 20 heavy (non-hydrogen) atoms. The van der Waals surface area contributed by atoms with Crippen LogP contribution >= 0.6 is 22.6 Å². The maximum Gasteiger partial charge on any atom is 0.255 e. The molecule has 0 aliphatic carbocycles. The molecule has 1 atom stereocenters. The third-order valence-electron chi connectivity index (χ3n) is 3.08. The van der Waals surface area contributed by atoms with Crippen molar-refractivity contribution in [3.8, 4) is 0 Å². The summed E-state index contributed by atoms with van der Waals surface area (Å²) in [4.78, 5) is 13.6. The molecule has 4 nitrogen and oxygen atoms in total. The molecule has 0 radical (unpaired) electrons. The first kappa shape index (κ1) is 17.4. The van der Waals surface area contributed by atoms with Crippen molar-refractivity contribution in [1.29, 1.82) is 0 Å². The summed E-state index contributed by atoms with van der Waals surface area (Å²) in [6.07, 6.45) is 0. The van der Waals surface area contributed by atoms with Crippen molar-refractivity contribution in [3.63, 3.8) is 0 Å². The number of sulfone groups is 1. The molecule has 0 saturated heterocycles. The van der Waals surface area contributed by atoms with Crippen molar-refractivity contribution in [2.45, 2.75) is 19.9 Å². The third-order valence-corrected chi connectivity index (χ3v) is 5.89. The minimum Gasteiger partial charge on any atom is -0.338 e. The summed E-state index contributed by atoms with van der Waals surface area (Å²) in [6, 6.07) is 3.50. The van der Waals surface area contributed by atoms with E-state index in [4.69, 9.17) is 0 Å². The second-order valence-electron chi connectivity index (χ2n) is 4.59. The summed E-state index contributed by atoms with van der Waals surface area (Å²) in [5.41, 5.74) is 0.244. The predicted molar refractivity (Wildman–Crippen MR) is 85.0 cm³/mol. The Morgan fingerprint density at radius 1 is 1.45 bits per heavy atom. The van der Waals surface area contributed by atoms with Gasteiger partial charge in [-0.1, -0.05) is 6.92 Å². The molecule has 0 bridgehead atoms. The lowest BCUT2D eigenvalue weighted by molar-refractivity contribution is 0.0755. The molecular formula is C13H17FINO3S. The van der Waals surface area contributed by atoms with Crippen LogP contribution < -0.4 is 0 Å². The number of carbonyl (C=O) groups excluding carboxylic acids is 1. The Labute approximate surface area is 132 Å². The number of halogens is 2. The third kappa shape index (κ3) is 4.41. The quantitative estimate of drug-likeness (QED) is 0.697. The first-order valence-electron chi connectivity index (χ1n) is 6.10. The van der Waals surface area contributed by atoms with Gasteiger partial charge in [0.15, 0.2) is 9.84 Å². The molecule has 0 aromatic heterocycles. The zero-order valence-electron chi connectivity index (χ0n) is 11.6. The number of hydrogen-bond donors (Lipinski definition) is 0. The van der Waals surface area contributed by atoms with Crippen LogP contribution in [0.5, 0.6) is 0 Å². The highest BCUT2D eigenvalue weighted by Crippen LogP contribution is 2.17. The topological polar surface area (TPSA) is 54.5 Å². The molecule has 0 fully saturated rings. The number of hydrogen-bond acceptors (Lipinski definition) is 3. The van der Waals surface area contributed by atoms with Crippen LogP contribution in [-0.4, -0.2) is 43.8 Å². The van der Waals surface area contributed by atoms with Crippen molar-refractivity contribution in [3.05, 3.63) is 33.1 Å². The lowest BCUT2D eigenvalue weighted by atomic mass is 10.2. The molecule has 0 N–H and O–H groups in total. The van der Waals surface area contributed by atoms with Gasteiger partial charge in [0.05, 0.1) is 11.3 Å². The summed E-state index contributed by atoms with van der Waals surface area (Å²) in [7, 11) is -1.64. The molecule has 1 aromatic rings. The second-order valence-corrected chi connectivity index (χ2v) is 8.15. The van der Waals surface area contributed by atoms with Crippen LogP contribution in [0, 0.1) is 9.39 Å². The van der Waals surface area contributed by atoms with E-state index in [9.17, 15) is 17.6 Å². The Morgan fingerprint density at radius 2 is 2.05 bits per heavy atom. The number of benzene rings is 1. The standard InChI is InChI=1S/C13H17FINO3S/c1-4-20(18,19)8-9(2)16(3)13(17)11-7-10(14)5-6-12(11)15/h5-7,9H,4,8H2,1-3H3. The van der Waals surface area contributed by atoms with Crippen LogP contribution in [0.15, 0.2) is 18.2 Å². The Balaban J connectivity index is 2.94. The van der Waals surface area contributed by atoms with Crippen molar-refractivity contribution in [2.24, 2.45) is 0 Å². The molecule has 1 amide bonds. The van der Waals surface area contributed by atoms with Gasteiger partial charge in [0, 0.05) is 22.4 Å². The van der Waals surface area contributed by atoms with Gasteiger partial charge in [0.25, 0.3) is 5.91 Å². The van der Waals surface area contributed by atoms with E-state index in [1.807, 2.05) is 22.6 Å². The van der Waals surface area contributed by atoms with Crippen LogP contribution in [0.1, 0.15) is 24.2 Å². The Bertz CT molecular complexity index is 604. The first-order chi connectivity index (χ1) is 9.18. The molecule has 7 heteroatoms. The molecule has 1 aromatic carbocycles. The van der Waals surface area contributed by atoms with Gasteiger partial charge in [-0.25, -0.2) is 12.8 Å². The molecular weight excluding hydrogens is 396 g/mol. The highest BCUT2D eigenvalue weighted by Gasteiger charge is 2.23. The minimum atomic E-state index is -3.17. The van der Waals surface area contributed by atoms with Crippen LogP contribution in [-0.2, 0) is 9.84 Å². The Kier molecular flexibility index (Phi) is 5.93. The van der Waals surface area contributed by atoms with Crippen LogP contribution in [0.4, 0.5) is 4.39 Å². The first-order valence-corrected chi connectivity index (χ1v) is 9.00. The summed E-state index contributed by atoms with van der Waals surface area (Å²) in [6.45, 7) is 3.23. The van der Waals surface area contributed by atoms with Crippen molar-refractivity contribution >= 4 is 38.3 Å². The van der Waals surface area contributed by atoms with E-state index in [1.165, 1.54) is 30.1 Å².